The van der Waals surface area contributed by atoms with Crippen LogP contribution >= 0.6 is 0 Å². The minimum absolute atomic E-state index is 0.706. The molecular weight excluding hydrogens is 226 g/mol. The summed E-state index contributed by atoms with van der Waals surface area (Å²) in [6, 6.07) is 7.99. The number of benzene rings is 1. The molecule has 2 heterocycles. The highest BCUT2D eigenvalue weighted by atomic mass is 16.5. The molecule has 0 aliphatic carbocycles. The molecule has 0 radical (unpaired) electrons. The van der Waals surface area contributed by atoms with Crippen molar-refractivity contribution in [1.29, 1.82) is 0 Å². The lowest BCUT2D eigenvalue weighted by atomic mass is 10.1. The summed E-state index contributed by atoms with van der Waals surface area (Å²) in [4.78, 5) is 9.01. The molecule has 0 atom stereocenters. The van der Waals surface area contributed by atoms with E-state index in [4.69, 9.17) is 4.74 Å². The molecule has 3 rings (SSSR count). The molecular formula is C14H15N3O. The van der Waals surface area contributed by atoms with Crippen LogP contribution in [0, 0.1) is 0 Å². The molecule has 4 nitrogen and oxygen atoms in total. The molecule has 0 saturated carbocycles. The molecule has 2 aromatic rings. The van der Waals surface area contributed by atoms with Crippen molar-refractivity contribution in [3.8, 4) is 5.75 Å². The second kappa shape index (κ2) is 4.74. The van der Waals surface area contributed by atoms with E-state index in [1.54, 1.807) is 7.11 Å². The fraction of sp³-hybridized carbons (Fsp3) is 0.286. The first-order chi connectivity index (χ1) is 8.86. The van der Waals surface area contributed by atoms with E-state index in [9.17, 15) is 0 Å². The normalized spacial score (nSPS) is 13.4. The van der Waals surface area contributed by atoms with Crippen LogP contribution in [0.25, 0.3) is 0 Å². The molecule has 0 unspecified atom stereocenters. The van der Waals surface area contributed by atoms with Crippen molar-refractivity contribution in [1.82, 2.24) is 15.3 Å². The van der Waals surface area contributed by atoms with Gasteiger partial charge in [0.1, 0.15) is 11.6 Å². The highest BCUT2D eigenvalue weighted by Crippen LogP contribution is 2.20. The fourth-order valence-corrected chi connectivity index (χ4v) is 2.20. The highest BCUT2D eigenvalue weighted by molar-refractivity contribution is 5.35. The predicted molar refractivity (Wildman–Crippen MR) is 68.4 cm³/mol. The maximum Gasteiger partial charge on any atom is 0.133 e. The summed E-state index contributed by atoms with van der Waals surface area (Å²) in [5.74, 6) is 1.74. The van der Waals surface area contributed by atoms with Gasteiger partial charge in [0.05, 0.1) is 12.8 Å². The van der Waals surface area contributed by atoms with E-state index >= 15 is 0 Å². The Morgan fingerprint density at radius 1 is 1.28 bits per heavy atom. The molecule has 0 fully saturated rings. The quantitative estimate of drug-likeness (QED) is 0.888. The Kier molecular flexibility index (Phi) is 2.94. The first-order valence-corrected chi connectivity index (χ1v) is 6.03. The van der Waals surface area contributed by atoms with Crippen molar-refractivity contribution in [2.45, 2.75) is 19.5 Å². The number of fused-ring (bicyclic) bond motifs is 1. The van der Waals surface area contributed by atoms with Crippen molar-refractivity contribution in [3.63, 3.8) is 0 Å². The molecule has 1 aliphatic heterocycles. The Morgan fingerprint density at radius 2 is 2.17 bits per heavy atom. The molecule has 1 aromatic heterocycles. The number of ether oxygens (including phenoxy) is 1. The molecule has 92 valence electrons. The molecule has 1 aromatic carbocycles. The number of methoxy groups -OCH3 is 1. The fourth-order valence-electron chi connectivity index (χ4n) is 2.20. The van der Waals surface area contributed by atoms with E-state index in [-0.39, 0.29) is 0 Å². The SMILES string of the molecule is COc1ccccc1Cc1ncc2c(n1)CNC2. The Labute approximate surface area is 106 Å². The minimum atomic E-state index is 0.706. The standard InChI is InChI=1S/C14H15N3O/c1-18-13-5-3-2-4-10(13)6-14-16-8-11-7-15-9-12(11)17-14/h2-5,8,15H,6-7,9H2,1H3. The predicted octanol–water partition coefficient (Wildman–Crippen LogP) is 1.68. The summed E-state index contributed by atoms with van der Waals surface area (Å²) < 4.78 is 5.34. The van der Waals surface area contributed by atoms with E-state index in [0.29, 0.717) is 6.42 Å². The molecule has 0 spiro atoms. The van der Waals surface area contributed by atoms with Crippen LogP contribution in [0.2, 0.25) is 0 Å². The molecule has 0 bridgehead atoms. The first kappa shape index (κ1) is 11.2. The van der Waals surface area contributed by atoms with E-state index in [2.05, 4.69) is 15.3 Å². The average Bonchev–Trinajstić information content (AvgIpc) is 2.87. The Hall–Kier alpha value is -1.94. The van der Waals surface area contributed by atoms with E-state index in [1.165, 1.54) is 5.56 Å². The molecule has 1 aliphatic rings. The van der Waals surface area contributed by atoms with Gasteiger partial charge in [-0.2, -0.15) is 0 Å². The summed E-state index contributed by atoms with van der Waals surface area (Å²) in [6.45, 7) is 1.72. The van der Waals surface area contributed by atoms with Gasteiger partial charge in [-0.3, -0.25) is 0 Å². The van der Waals surface area contributed by atoms with Gasteiger partial charge in [-0.05, 0) is 6.07 Å². The van der Waals surface area contributed by atoms with Crippen LogP contribution in [0.1, 0.15) is 22.6 Å². The van der Waals surface area contributed by atoms with Crippen molar-refractivity contribution in [3.05, 3.63) is 53.1 Å². The van der Waals surface area contributed by atoms with Crippen molar-refractivity contribution >= 4 is 0 Å². The van der Waals surface area contributed by atoms with Gasteiger partial charge in [-0.1, -0.05) is 18.2 Å². The zero-order valence-corrected chi connectivity index (χ0v) is 10.3. The zero-order valence-electron chi connectivity index (χ0n) is 10.3. The number of para-hydroxylation sites is 1. The first-order valence-electron chi connectivity index (χ1n) is 6.03. The monoisotopic (exact) mass is 241 g/mol. The largest absolute Gasteiger partial charge is 0.496 e. The third kappa shape index (κ3) is 2.07. The second-order valence-corrected chi connectivity index (χ2v) is 4.35. The second-order valence-electron chi connectivity index (χ2n) is 4.35. The molecule has 18 heavy (non-hydrogen) atoms. The van der Waals surface area contributed by atoms with Gasteiger partial charge >= 0.3 is 0 Å². The van der Waals surface area contributed by atoms with Crippen molar-refractivity contribution in [2.24, 2.45) is 0 Å². The van der Waals surface area contributed by atoms with Gasteiger partial charge in [-0.25, -0.2) is 9.97 Å². The Morgan fingerprint density at radius 3 is 3.06 bits per heavy atom. The van der Waals surface area contributed by atoms with Crippen molar-refractivity contribution in [2.75, 3.05) is 7.11 Å². The third-order valence-electron chi connectivity index (χ3n) is 3.15. The van der Waals surface area contributed by atoms with Gasteiger partial charge in [0, 0.05) is 36.8 Å². The maximum atomic E-state index is 5.34. The maximum absolute atomic E-state index is 5.34. The number of aromatic nitrogens is 2. The number of hydrogen-bond donors (Lipinski definition) is 1. The Bertz CT molecular complexity index is 569. The lowest BCUT2D eigenvalue weighted by Crippen LogP contribution is -2.02. The number of hydrogen-bond acceptors (Lipinski definition) is 4. The average molecular weight is 241 g/mol. The van der Waals surface area contributed by atoms with Gasteiger partial charge in [0.25, 0.3) is 0 Å². The summed E-state index contributed by atoms with van der Waals surface area (Å²) in [6.07, 6.45) is 2.63. The van der Waals surface area contributed by atoms with E-state index in [1.807, 2.05) is 30.5 Å². The number of nitrogens with zero attached hydrogens (tertiary/aromatic N) is 2. The van der Waals surface area contributed by atoms with Crippen LogP contribution in [0.15, 0.2) is 30.5 Å². The van der Waals surface area contributed by atoms with Gasteiger partial charge < -0.3 is 10.1 Å². The number of rotatable bonds is 3. The number of nitrogens with one attached hydrogen (secondary N) is 1. The summed E-state index contributed by atoms with van der Waals surface area (Å²) in [5, 5.41) is 3.27. The molecule has 4 heteroatoms. The summed E-state index contributed by atoms with van der Waals surface area (Å²) in [7, 11) is 1.69. The smallest absolute Gasteiger partial charge is 0.133 e. The van der Waals surface area contributed by atoms with Crippen molar-refractivity contribution < 1.29 is 4.74 Å². The van der Waals surface area contributed by atoms with Crippen LogP contribution < -0.4 is 10.1 Å². The zero-order chi connectivity index (χ0) is 12.4. The minimum Gasteiger partial charge on any atom is -0.496 e. The van der Waals surface area contributed by atoms with Crippen LogP contribution in [0.3, 0.4) is 0 Å². The molecule has 1 N–H and O–H groups in total. The lowest BCUT2D eigenvalue weighted by molar-refractivity contribution is 0.410. The third-order valence-corrected chi connectivity index (χ3v) is 3.15. The topological polar surface area (TPSA) is 47.0 Å². The summed E-state index contributed by atoms with van der Waals surface area (Å²) >= 11 is 0. The molecule has 0 saturated heterocycles. The van der Waals surface area contributed by atoms with E-state index in [0.717, 1.165) is 35.9 Å². The summed E-state index contributed by atoms with van der Waals surface area (Å²) in [5.41, 5.74) is 3.44. The van der Waals surface area contributed by atoms with Crippen LogP contribution in [0.4, 0.5) is 0 Å². The van der Waals surface area contributed by atoms with Crippen LogP contribution in [-0.2, 0) is 19.5 Å². The van der Waals surface area contributed by atoms with Gasteiger partial charge in [0.2, 0.25) is 0 Å². The van der Waals surface area contributed by atoms with E-state index < -0.39 is 0 Å². The van der Waals surface area contributed by atoms with Gasteiger partial charge in [-0.15, -0.1) is 0 Å². The lowest BCUT2D eigenvalue weighted by Gasteiger charge is -2.07. The van der Waals surface area contributed by atoms with Gasteiger partial charge in [0.15, 0.2) is 0 Å². The highest BCUT2D eigenvalue weighted by Gasteiger charge is 2.13. The van der Waals surface area contributed by atoms with Crippen LogP contribution in [-0.4, -0.2) is 17.1 Å². The van der Waals surface area contributed by atoms with Crippen LogP contribution in [0.5, 0.6) is 5.75 Å². The Balaban J connectivity index is 1.88. The molecule has 0 amide bonds.